The molecule has 6 heteroatoms. The second-order valence-electron chi connectivity index (χ2n) is 5.99. The number of halogens is 1. The van der Waals surface area contributed by atoms with Crippen molar-refractivity contribution in [2.24, 2.45) is 5.92 Å². The quantitative estimate of drug-likeness (QED) is 0.940. The number of aliphatic hydroxyl groups excluding tert-OH is 1. The molecule has 0 spiro atoms. The zero-order valence-electron chi connectivity index (χ0n) is 12.7. The maximum atomic E-state index is 9.65. The summed E-state index contributed by atoms with van der Waals surface area (Å²) >= 11 is 5.90. The van der Waals surface area contributed by atoms with E-state index in [4.69, 9.17) is 11.6 Å². The summed E-state index contributed by atoms with van der Waals surface area (Å²) in [5, 5.41) is 18.8. The zero-order valence-corrected chi connectivity index (χ0v) is 13.4. The van der Waals surface area contributed by atoms with E-state index in [9.17, 15) is 5.11 Å². The fraction of sp³-hybridized carbons (Fsp3) is 0.500. The largest absolute Gasteiger partial charge is 0.393 e. The highest BCUT2D eigenvalue weighted by Crippen LogP contribution is 2.21. The van der Waals surface area contributed by atoms with Crippen LogP contribution in [0.1, 0.15) is 25.5 Å². The van der Waals surface area contributed by atoms with E-state index >= 15 is 0 Å². The van der Waals surface area contributed by atoms with Gasteiger partial charge in [0.05, 0.1) is 23.7 Å². The predicted octanol–water partition coefficient (Wildman–Crippen LogP) is 2.51. The molecule has 2 heterocycles. The molecule has 1 N–H and O–H groups in total. The Labute approximate surface area is 135 Å². The summed E-state index contributed by atoms with van der Waals surface area (Å²) in [6.45, 7) is 4.70. The number of benzene rings is 1. The SMILES string of the molecule is CC(O)C1CCN(Cc2cn(-c3ccc(Cl)cc3)nn2)CC1. The maximum absolute atomic E-state index is 9.65. The molecule has 2 aromatic rings. The Kier molecular flexibility index (Phi) is 4.76. The third kappa shape index (κ3) is 3.66. The average molecular weight is 321 g/mol. The van der Waals surface area contributed by atoms with Crippen LogP contribution in [0.25, 0.3) is 5.69 Å². The number of hydrogen-bond donors (Lipinski definition) is 1. The summed E-state index contributed by atoms with van der Waals surface area (Å²) in [5.41, 5.74) is 1.92. The van der Waals surface area contributed by atoms with Gasteiger partial charge in [-0.25, -0.2) is 4.68 Å². The van der Waals surface area contributed by atoms with E-state index in [1.807, 2.05) is 37.4 Å². The van der Waals surface area contributed by atoms with Crippen molar-refractivity contribution in [1.82, 2.24) is 19.9 Å². The van der Waals surface area contributed by atoms with E-state index in [1.165, 1.54) is 0 Å². The van der Waals surface area contributed by atoms with Crippen molar-refractivity contribution in [3.63, 3.8) is 0 Å². The van der Waals surface area contributed by atoms with Gasteiger partial charge < -0.3 is 5.11 Å². The van der Waals surface area contributed by atoms with Crippen molar-refractivity contribution in [2.75, 3.05) is 13.1 Å². The highest BCUT2D eigenvalue weighted by molar-refractivity contribution is 6.30. The maximum Gasteiger partial charge on any atom is 0.0971 e. The molecule has 118 valence electrons. The Morgan fingerprint density at radius 1 is 1.27 bits per heavy atom. The molecule has 0 amide bonds. The summed E-state index contributed by atoms with van der Waals surface area (Å²) in [6, 6.07) is 7.54. The lowest BCUT2D eigenvalue weighted by Crippen LogP contribution is -2.36. The first-order valence-electron chi connectivity index (χ1n) is 7.69. The topological polar surface area (TPSA) is 54.2 Å². The number of nitrogens with zero attached hydrogens (tertiary/aromatic N) is 4. The van der Waals surface area contributed by atoms with Crippen LogP contribution in [-0.2, 0) is 6.54 Å². The molecule has 1 unspecified atom stereocenters. The van der Waals surface area contributed by atoms with E-state index in [1.54, 1.807) is 4.68 Å². The predicted molar refractivity (Wildman–Crippen MR) is 86.1 cm³/mol. The highest BCUT2D eigenvalue weighted by atomic mass is 35.5. The lowest BCUT2D eigenvalue weighted by atomic mass is 9.92. The van der Waals surface area contributed by atoms with Crippen molar-refractivity contribution in [1.29, 1.82) is 0 Å². The van der Waals surface area contributed by atoms with E-state index < -0.39 is 0 Å². The molecule has 22 heavy (non-hydrogen) atoms. The molecule has 1 atom stereocenters. The van der Waals surface area contributed by atoms with Crippen molar-refractivity contribution >= 4 is 11.6 Å². The zero-order chi connectivity index (χ0) is 15.5. The Balaban J connectivity index is 1.59. The number of hydrogen-bond acceptors (Lipinski definition) is 4. The van der Waals surface area contributed by atoms with Crippen LogP contribution in [-0.4, -0.2) is 44.2 Å². The number of rotatable bonds is 4. The van der Waals surface area contributed by atoms with E-state index in [0.29, 0.717) is 10.9 Å². The van der Waals surface area contributed by atoms with Crippen LogP contribution in [0.15, 0.2) is 30.5 Å². The van der Waals surface area contributed by atoms with Crippen LogP contribution >= 0.6 is 11.6 Å². The first kappa shape index (κ1) is 15.5. The van der Waals surface area contributed by atoms with Crippen LogP contribution < -0.4 is 0 Å². The van der Waals surface area contributed by atoms with Crippen molar-refractivity contribution in [3.05, 3.63) is 41.2 Å². The summed E-state index contributed by atoms with van der Waals surface area (Å²) in [7, 11) is 0. The third-order valence-corrected chi connectivity index (χ3v) is 4.58. The Hall–Kier alpha value is -1.43. The average Bonchev–Trinajstić information content (AvgIpc) is 2.97. The molecule has 3 rings (SSSR count). The van der Waals surface area contributed by atoms with Crippen LogP contribution in [0, 0.1) is 5.92 Å². The minimum Gasteiger partial charge on any atom is -0.393 e. The van der Waals surface area contributed by atoms with Gasteiger partial charge in [0.2, 0.25) is 0 Å². The molecule has 0 saturated carbocycles. The molecule has 1 aromatic heterocycles. The Morgan fingerprint density at radius 3 is 2.59 bits per heavy atom. The summed E-state index contributed by atoms with van der Waals surface area (Å²) < 4.78 is 1.77. The lowest BCUT2D eigenvalue weighted by molar-refractivity contribution is 0.0691. The number of aromatic nitrogens is 3. The highest BCUT2D eigenvalue weighted by Gasteiger charge is 2.23. The van der Waals surface area contributed by atoms with Gasteiger partial charge in [-0.2, -0.15) is 0 Å². The molecular weight excluding hydrogens is 300 g/mol. The van der Waals surface area contributed by atoms with Gasteiger partial charge in [0, 0.05) is 11.6 Å². The monoisotopic (exact) mass is 320 g/mol. The number of aliphatic hydroxyl groups is 1. The molecule has 0 radical (unpaired) electrons. The fourth-order valence-corrected chi connectivity index (χ4v) is 3.04. The van der Waals surface area contributed by atoms with Crippen LogP contribution in [0.5, 0.6) is 0 Å². The minimum absolute atomic E-state index is 0.201. The van der Waals surface area contributed by atoms with Gasteiger partial charge in [-0.3, -0.25) is 4.90 Å². The van der Waals surface area contributed by atoms with E-state index in [0.717, 1.165) is 43.9 Å². The van der Waals surface area contributed by atoms with Gasteiger partial charge in [0.1, 0.15) is 0 Å². The molecule has 1 saturated heterocycles. The van der Waals surface area contributed by atoms with Gasteiger partial charge >= 0.3 is 0 Å². The minimum atomic E-state index is -0.201. The van der Waals surface area contributed by atoms with Crippen molar-refractivity contribution in [2.45, 2.75) is 32.4 Å². The molecule has 1 aliphatic heterocycles. The second-order valence-corrected chi connectivity index (χ2v) is 6.42. The van der Waals surface area contributed by atoms with Crippen molar-refractivity contribution in [3.8, 4) is 5.69 Å². The normalized spacial score (nSPS) is 18.5. The van der Waals surface area contributed by atoms with E-state index in [-0.39, 0.29) is 6.10 Å². The van der Waals surface area contributed by atoms with Gasteiger partial charge in [-0.1, -0.05) is 16.8 Å². The Bertz CT molecular complexity index is 603. The molecule has 0 bridgehead atoms. The standard InChI is InChI=1S/C16H21ClN4O/c1-12(22)13-6-8-20(9-7-13)10-15-11-21(19-18-15)16-4-2-14(17)3-5-16/h2-5,11-13,22H,6-10H2,1H3. The second kappa shape index (κ2) is 6.77. The first-order chi connectivity index (χ1) is 10.6. The number of likely N-dealkylation sites (tertiary alicyclic amines) is 1. The summed E-state index contributed by atoms with van der Waals surface area (Å²) in [5.74, 6) is 0.431. The van der Waals surface area contributed by atoms with Gasteiger partial charge in [0.25, 0.3) is 0 Å². The lowest BCUT2D eigenvalue weighted by Gasteiger charge is -2.32. The van der Waals surface area contributed by atoms with Gasteiger partial charge in [-0.15, -0.1) is 5.10 Å². The number of piperidine rings is 1. The molecule has 0 aliphatic carbocycles. The van der Waals surface area contributed by atoms with Gasteiger partial charge in [-0.05, 0) is 63.0 Å². The molecule has 1 aromatic carbocycles. The fourth-order valence-electron chi connectivity index (χ4n) is 2.91. The third-order valence-electron chi connectivity index (χ3n) is 4.33. The van der Waals surface area contributed by atoms with Crippen LogP contribution in [0.3, 0.4) is 0 Å². The smallest absolute Gasteiger partial charge is 0.0971 e. The summed E-state index contributed by atoms with van der Waals surface area (Å²) in [4.78, 5) is 2.37. The van der Waals surface area contributed by atoms with Crippen LogP contribution in [0.2, 0.25) is 5.02 Å². The summed E-state index contributed by atoms with van der Waals surface area (Å²) in [6.07, 6.45) is 3.85. The van der Waals surface area contributed by atoms with Gasteiger partial charge in [0.15, 0.2) is 0 Å². The van der Waals surface area contributed by atoms with E-state index in [2.05, 4.69) is 15.2 Å². The molecule has 5 nitrogen and oxygen atoms in total. The van der Waals surface area contributed by atoms with Crippen molar-refractivity contribution < 1.29 is 5.11 Å². The molecular formula is C16H21ClN4O. The first-order valence-corrected chi connectivity index (χ1v) is 8.07. The molecule has 1 aliphatic rings. The van der Waals surface area contributed by atoms with Crippen LogP contribution in [0.4, 0.5) is 0 Å². The Morgan fingerprint density at radius 2 is 1.95 bits per heavy atom. The molecule has 1 fully saturated rings.